The number of nitrogens with one attached hydrogen (secondary N) is 1. The molecule has 120 valence electrons. The van der Waals surface area contributed by atoms with E-state index in [0.717, 1.165) is 18.1 Å². The summed E-state index contributed by atoms with van der Waals surface area (Å²) >= 11 is 0. The zero-order chi connectivity index (χ0) is 16.4. The van der Waals surface area contributed by atoms with Crippen molar-refractivity contribution in [2.24, 2.45) is 0 Å². The first-order valence-corrected chi connectivity index (χ1v) is 9.98. The fourth-order valence-electron chi connectivity index (χ4n) is 1.80. The Bertz CT molecular complexity index is 844. The third-order valence-corrected chi connectivity index (χ3v) is 4.19. The molecule has 2 rings (SSSR count). The summed E-state index contributed by atoms with van der Waals surface area (Å²) in [7, 11) is -7.19. The first kappa shape index (κ1) is 16.6. The molecule has 1 aromatic carbocycles. The lowest BCUT2D eigenvalue weighted by molar-refractivity contribution is 0.364. The molecule has 8 nitrogen and oxygen atoms in total. The van der Waals surface area contributed by atoms with Gasteiger partial charge in [-0.2, -0.15) is 0 Å². The van der Waals surface area contributed by atoms with E-state index in [-0.39, 0.29) is 12.3 Å². The van der Waals surface area contributed by atoms with Crippen molar-refractivity contribution in [2.45, 2.75) is 17.7 Å². The lowest BCUT2D eigenvalue weighted by Gasteiger charge is -2.13. The van der Waals surface area contributed by atoms with Gasteiger partial charge in [0.2, 0.25) is 25.8 Å². The SMILES string of the molecule is CS(=O)(=O)N[C@@H](Cc1ccccc1)c1nnc(S(C)(=O)=O)o1. The van der Waals surface area contributed by atoms with E-state index in [1.165, 1.54) is 0 Å². The van der Waals surface area contributed by atoms with Crippen LogP contribution < -0.4 is 4.72 Å². The van der Waals surface area contributed by atoms with Crippen LogP contribution in [-0.4, -0.2) is 39.5 Å². The predicted octanol–water partition coefficient (Wildman–Crippen LogP) is 0.306. The van der Waals surface area contributed by atoms with Crippen molar-refractivity contribution in [1.82, 2.24) is 14.9 Å². The van der Waals surface area contributed by atoms with Crippen molar-refractivity contribution in [1.29, 1.82) is 0 Å². The highest BCUT2D eigenvalue weighted by atomic mass is 32.2. The maximum atomic E-state index is 11.5. The molecule has 1 atom stereocenters. The highest BCUT2D eigenvalue weighted by Crippen LogP contribution is 2.19. The van der Waals surface area contributed by atoms with Gasteiger partial charge in [-0.15, -0.1) is 5.10 Å². The summed E-state index contributed by atoms with van der Waals surface area (Å²) in [4.78, 5) is 0. The van der Waals surface area contributed by atoms with Crippen LogP contribution in [0.4, 0.5) is 0 Å². The van der Waals surface area contributed by atoms with Crippen LogP contribution in [-0.2, 0) is 26.3 Å². The highest BCUT2D eigenvalue weighted by Gasteiger charge is 2.25. The van der Waals surface area contributed by atoms with Crippen LogP contribution in [0.25, 0.3) is 0 Å². The van der Waals surface area contributed by atoms with E-state index in [1.54, 1.807) is 0 Å². The molecule has 0 aliphatic rings. The van der Waals surface area contributed by atoms with Crippen molar-refractivity contribution in [3.8, 4) is 0 Å². The Morgan fingerprint density at radius 3 is 2.23 bits per heavy atom. The first-order chi connectivity index (χ1) is 10.1. The molecule has 0 aliphatic heterocycles. The fourth-order valence-corrected chi connectivity index (χ4v) is 2.93. The summed E-state index contributed by atoms with van der Waals surface area (Å²) in [5, 5.41) is 6.54. The van der Waals surface area contributed by atoms with Crippen molar-refractivity contribution >= 4 is 19.9 Å². The van der Waals surface area contributed by atoms with Gasteiger partial charge in [-0.05, 0) is 12.0 Å². The largest absolute Gasteiger partial charge is 0.411 e. The summed E-state index contributed by atoms with van der Waals surface area (Å²) in [6.45, 7) is 0. The van der Waals surface area contributed by atoms with Gasteiger partial charge in [0.1, 0.15) is 6.04 Å². The maximum Gasteiger partial charge on any atom is 0.335 e. The molecule has 0 radical (unpaired) electrons. The van der Waals surface area contributed by atoms with Gasteiger partial charge in [-0.25, -0.2) is 21.6 Å². The Balaban J connectivity index is 2.34. The van der Waals surface area contributed by atoms with E-state index in [4.69, 9.17) is 4.42 Å². The van der Waals surface area contributed by atoms with Crippen LogP contribution in [0.1, 0.15) is 17.5 Å². The second kappa shape index (κ2) is 6.15. The predicted molar refractivity (Wildman–Crippen MR) is 78.3 cm³/mol. The van der Waals surface area contributed by atoms with Gasteiger partial charge in [0, 0.05) is 6.26 Å². The van der Waals surface area contributed by atoms with Crippen molar-refractivity contribution in [3.63, 3.8) is 0 Å². The van der Waals surface area contributed by atoms with Gasteiger partial charge < -0.3 is 4.42 Å². The molecule has 0 aliphatic carbocycles. The zero-order valence-electron chi connectivity index (χ0n) is 11.9. The van der Waals surface area contributed by atoms with E-state index in [2.05, 4.69) is 14.9 Å². The molecule has 0 spiro atoms. The average Bonchev–Trinajstić information content (AvgIpc) is 2.87. The second-order valence-corrected chi connectivity index (χ2v) is 8.48. The van der Waals surface area contributed by atoms with Gasteiger partial charge in [0.25, 0.3) is 0 Å². The van der Waals surface area contributed by atoms with Gasteiger partial charge in [0.05, 0.1) is 6.26 Å². The number of rotatable bonds is 6. The Hall–Kier alpha value is -1.78. The summed E-state index contributed by atoms with van der Waals surface area (Å²) < 4.78 is 53.2. The fraction of sp³-hybridized carbons (Fsp3) is 0.333. The minimum Gasteiger partial charge on any atom is -0.411 e. The van der Waals surface area contributed by atoms with E-state index < -0.39 is 31.1 Å². The molecule has 0 unspecified atom stereocenters. The minimum atomic E-state index is -3.65. The zero-order valence-corrected chi connectivity index (χ0v) is 13.6. The van der Waals surface area contributed by atoms with Crippen molar-refractivity contribution in [2.75, 3.05) is 12.5 Å². The summed E-state index contributed by atoms with van der Waals surface area (Å²) in [5.41, 5.74) is 0.836. The van der Waals surface area contributed by atoms with Crippen LogP contribution >= 0.6 is 0 Å². The third kappa shape index (κ3) is 4.61. The maximum absolute atomic E-state index is 11.5. The summed E-state index contributed by atoms with van der Waals surface area (Å²) in [5.74, 6) is -0.102. The summed E-state index contributed by atoms with van der Waals surface area (Å²) in [6.07, 6.45) is 2.18. The minimum absolute atomic E-state index is 0.102. The molecule has 22 heavy (non-hydrogen) atoms. The quantitative estimate of drug-likeness (QED) is 0.800. The molecule has 1 aromatic heterocycles. The molecular formula is C12H15N3O5S2. The molecule has 1 N–H and O–H groups in total. The number of nitrogens with zero attached hydrogens (tertiary/aromatic N) is 2. The number of hydrogen-bond donors (Lipinski definition) is 1. The first-order valence-electron chi connectivity index (χ1n) is 6.20. The van der Waals surface area contributed by atoms with Gasteiger partial charge in [-0.1, -0.05) is 35.4 Å². The molecule has 0 fully saturated rings. The van der Waals surface area contributed by atoms with Crippen LogP contribution in [0.3, 0.4) is 0 Å². The van der Waals surface area contributed by atoms with Crippen LogP contribution in [0.15, 0.2) is 40.0 Å². The standard InChI is InChI=1S/C12H15N3O5S2/c1-21(16,17)12-14-13-11(20-12)10(15-22(2,18)19)8-9-6-4-3-5-7-9/h3-7,10,15H,8H2,1-2H3/t10-/m0/s1. The lowest BCUT2D eigenvalue weighted by atomic mass is 10.1. The number of hydrogen-bond acceptors (Lipinski definition) is 7. The van der Waals surface area contributed by atoms with Crippen LogP contribution in [0.2, 0.25) is 0 Å². The normalized spacial score (nSPS) is 13.9. The van der Waals surface area contributed by atoms with Crippen molar-refractivity contribution < 1.29 is 21.3 Å². The Morgan fingerprint density at radius 2 is 1.73 bits per heavy atom. The van der Waals surface area contributed by atoms with Gasteiger partial charge in [0.15, 0.2) is 0 Å². The molecule has 1 heterocycles. The van der Waals surface area contributed by atoms with E-state index in [9.17, 15) is 16.8 Å². The molecule has 0 amide bonds. The number of sulfone groups is 1. The average molecular weight is 345 g/mol. The van der Waals surface area contributed by atoms with Crippen LogP contribution in [0.5, 0.6) is 0 Å². The molecule has 2 aromatic rings. The van der Waals surface area contributed by atoms with E-state index in [1.807, 2.05) is 30.3 Å². The number of sulfonamides is 1. The van der Waals surface area contributed by atoms with Gasteiger partial charge >= 0.3 is 5.22 Å². The summed E-state index contributed by atoms with van der Waals surface area (Å²) in [6, 6.07) is 8.22. The van der Waals surface area contributed by atoms with Gasteiger partial charge in [-0.3, -0.25) is 0 Å². The molecule has 0 saturated heterocycles. The Morgan fingerprint density at radius 1 is 1.09 bits per heavy atom. The van der Waals surface area contributed by atoms with Crippen LogP contribution in [0, 0.1) is 0 Å². The number of benzene rings is 1. The number of aromatic nitrogens is 2. The lowest BCUT2D eigenvalue weighted by Crippen LogP contribution is -2.29. The molecule has 0 bridgehead atoms. The molecular weight excluding hydrogens is 330 g/mol. The second-order valence-electron chi connectivity index (χ2n) is 4.81. The topological polar surface area (TPSA) is 119 Å². The monoisotopic (exact) mass is 345 g/mol. The third-order valence-electron chi connectivity index (χ3n) is 2.68. The Kier molecular flexibility index (Phi) is 4.63. The highest BCUT2D eigenvalue weighted by molar-refractivity contribution is 7.90. The van der Waals surface area contributed by atoms with E-state index in [0.29, 0.717) is 0 Å². The molecule has 10 heteroatoms. The Labute approximate surface area is 128 Å². The smallest absolute Gasteiger partial charge is 0.335 e. The molecule has 0 saturated carbocycles. The van der Waals surface area contributed by atoms with E-state index >= 15 is 0 Å². The van der Waals surface area contributed by atoms with Crippen molar-refractivity contribution in [3.05, 3.63) is 41.8 Å².